The van der Waals surface area contributed by atoms with Crippen molar-refractivity contribution in [2.24, 2.45) is 5.92 Å². The van der Waals surface area contributed by atoms with E-state index >= 15 is 0 Å². The van der Waals surface area contributed by atoms with E-state index in [1.165, 1.54) is 6.33 Å². The summed E-state index contributed by atoms with van der Waals surface area (Å²) in [5, 5.41) is 0. The number of rotatable bonds is 5. The van der Waals surface area contributed by atoms with Gasteiger partial charge in [-0.15, -0.1) is 0 Å². The first-order valence-corrected chi connectivity index (χ1v) is 8.64. The van der Waals surface area contributed by atoms with Gasteiger partial charge in [0, 0.05) is 19.2 Å². The summed E-state index contributed by atoms with van der Waals surface area (Å²) in [5.74, 6) is 1.99. The molecule has 0 saturated carbocycles. The lowest BCUT2D eigenvalue weighted by atomic mass is 9.97. The van der Waals surface area contributed by atoms with Crippen LogP contribution in [0.5, 0.6) is 11.6 Å². The van der Waals surface area contributed by atoms with Crippen molar-refractivity contribution in [3.05, 3.63) is 42.2 Å². The molecule has 1 aliphatic rings. The van der Waals surface area contributed by atoms with Crippen molar-refractivity contribution in [3.63, 3.8) is 0 Å². The first-order chi connectivity index (χ1) is 12.2. The van der Waals surface area contributed by atoms with E-state index in [0.29, 0.717) is 12.5 Å². The van der Waals surface area contributed by atoms with Crippen molar-refractivity contribution in [1.29, 1.82) is 0 Å². The van der Waals surface area contributed by atoms with E-state index in [0.717, 1.165) is 43.1 Å². The molecule has 2 aromatic rings. The molecule has 0 N–H and O–H groups in total. The molecule has 1 aromatic carbocycles. The Morgan fingerprint density at radius 3 is 2.76 bits per heavy atom. The molecule has 132 valence electrons. The largest absolute Gasteiger partial charge is 0.466 e. The second-order valence-corrected chi connectivity index (χ2v) is 6.15. The monoisotopic (exact) mass is 341 g/mol. The summed E-state index contributed by atoms with van der Waals surface area (Å²) >= 11 is 0. The smallest absolute Gasteiger partial charge is 0.309 e. The van der Waals surface area contributed by atoms with E-state index in [-0.39, 0.29) is 11.9 Å². The molecule has 0 unspecified atom stereocenters. The van der Waals surface area contributed by atoms with Crippen molar-refractivity contribution in [1.82, 2.24) is 9.97 Å². The van der Waals surface area contributed by atoms with Crippen LogP contribution in [0.3, 0.4) is 0 Å². The van der Waals surface area contributed by atoms with Gasteiger partial charge in [-0.1, -0.05) is 12.1 Å². The van der Waals surface area contributed by atoms with Gasteiger partial charge in [0.25, 0.3) is 0 Å². The molecule has 1 fully saturated rings. The molecule has 1 saturated heterocycles. The molecule has 0 bridgehead atoms. The Kier molecular flexibility index (Phi) is 5.48. The van der Waals surface area contributed by atoms with E-state index in [1.54, 1.807) is 0 Å². The topological polar surface area (TPSA) is 64.5 Å². The molecular weight excluding hydrogens is 318 g/mol. The molecule has 25 heavy (non-hydrogen) atoms. The number of nitrogens with zero attached hydrogens (tertiary/aromatic N) is 3. The number of ether oxygens (including phenoxy) is 2. The second kappa shape index (κ2) is 7.96. The molecule has 0 spiro atoms. The third kappa shape index (κ3) is 4.47. The van der Waals surface area contributed by atoms with Crippen LogP contribution in [0.2, 0.25) is 0 Å². The zero-order valence-electron chi connectivity index (χ0n) is 14.6. The summed E-state index contributed by atoms with van der Waals surface area (Å²) in [6.07, 6.45) is 3.06. The predicted octanol–water partition coefficient (Wildman–Crippen LogP) is 3.36. The van der Waals surface area contributed by atoms with Crippen LogP contribution in [0.15, 0.2) is 36.7 Å². The van der Waals surface area contributed by atoms with Gasteiger partial charge in [0.15, 0.2) is 0 Å². The lowest BCUT2D eigenvalue weighted by molar-refractivity contribution is -0.148. The van der Waals surface area contributed by atoms with Crippen LogP contribution in [-0.2, 0) is 9.53 Å². The fourth-order valence-corrected chi connectivity index (χ4v) is 2.96. The molecule has 1 aromatic heterocycles. The van der Waals surface area contributed by atoms with E-state index in [4.69, 9.17) is 9.47 Å². The maximum Gasteiger partial charge on any atom is 0.309 e. The minimum atomic E-state index is -0.0895. The number of carbonyl (C=O) groups excluding carboxylic acids is 1. The minimum absolute atomic E-state index is 0.0129. The fourth-order valence-electron chi connectivity index (χ4n) is 2.96. The highest BCUT2D eigenvalue weighted by molar-refractivity contribution is 5.72. The number of anilines is 1. The maximum absolute atomic E-state index is 11.8. The SMILES string of the molecule is CCOC(=O)C1CCN(c2cc(Oc3cccc(C)c3)ncn2)CC1. The average Bonchev–Trinajstić information content (AvgIpc) is 2.62. The zero-order chi connectivity index (χ0) is 17.6. The lowest BCUT2D eigenvalue weighted by Gasteiger charge is -2.31. The number of benzene rings is 1. The summed E-state index contributed by atoms with van der Waals surface area (Å²) in [6.45, 7) is 5.83. The Hall–Kier alpha value is -2.63. The van der Waals surface area contributed by atoms with Gasteiger partial charge in [0.05, 0.1) is 12.5 Å². The molecule has 1 aliphatic heterocycles. The summed E-state index contributed by atoms with van der Waals surface area (Å²) in [5.41, 5.74) is 1.13. The van der Waals surface area contributed by atoms with Gasteiger partial charge >= 0.3 is 5.97 Å². The van der Waals surface area contributed by atoms with Crippen LogP contribution in [0.1, 0.15) is 25.3 Å². The summed E-state index contributed by atoms with van der Waals surface area (Å²) < 4.78 is 10.9. The third-order valence-corrected chi connectivity index (χ3v) is 4.28. The predicted molar refractivity (Wildman–Crippen MR) is 94.9 cm³/mol. The van der Waals surface area contributed by atoms with Crippen LogP contribution in [0, 0.1) is 12.8 Å². The van der Waals surface area contributed by atoms with Crippen molar-refractivity contribution in [2.45, 2.75) is 26.7 Å². The van der Waals surface area contributed by atoms with Crippen LogP contribution in [0.4, 0.5) is 5.82 Å². The van der Waals surface area contributed by atoms with Crippen molar-refractivity contribution in [2.75, 3.05) is 24.6 Å². The van der Waals surface area contributed by atoms with E-state index in [9.17, 15) is 4.79 Å². The quantitative estimate of drug-likeness (QED) is 0.777. The molecule has 0 atom stereocenters. The Labute approximate surface area is 147 Å². The number of aryl methyl sites for hydroxylation is 1. The van der Waals surface area contributed by atoms with E-state index in [1.807, 2.05) is 44.2 Å². The lowest BCUT2D eigenvalue weighted by Crippen LogP contribution is -2.37. The van der Waals surface area contributed by atoms with Gasteiger partial charge < -0.3 is 14.4 Å². The number of hydrogen-bond donors (Lipinski definition) is 0. The van der Waals surface area contributed by atoms with Gasteiger partial charge in [-0.05, 0) is 44.4 Å². The highest BCUT2D eigenvalue weighted by Gasteiger charge is 2.26. The van der Waals surface area contributed by atoms with Gasteiger partial charge in [-0.3, -0.25) is 4.79 Å². The normalized spacial score (nSPS) is 15.0. The molecular formula is C19H23N3O3. The summed E-state index contributed by atoms with van der Waals surface area (Å²) in [4.78, 5) is 22.5. The molecule has 6 nitrogen and oxygen atoms in total. The average molecular weight is 341 g/mol. The molecule has 3 rings (SSSR count). The van der Waals surface area contributed by atoms with Gasteiger partial charge in [0.1, 0.15) is 17.9 Å². The standard InChI is InChI=1S/C19H23N3O3/c1-3-24-19(23)15-7-9-22(10-8-15)17-12-18(21-13-20-17)25-16-6-4-5-14(2)11-16/h4-6,11-13,15H,3,7-10H2,1-2H3. The highest BCUT2D eigenvalue weighted by atomic mass is 16.5. The Morgan fingerprint density at radius 1 is 1.24 bits per heavy atom. The number of piperidine rings is 1. The van der Waals surface area contributed by atoms with Gasteiger partial charge in [-0.25, -0.2) is 9.97 Å². The van der Waals surface area contributed by atoms with Crippen LogP contribution in [-0.4, -0.2) is 35.6 Å². The van der Waals surface area contributed by atoms with Crippen LogP contribution in [0.25, 0.3) is 0 Å². The van der Waals surface area contributed by atoms with Gasteiger partial charge in [0.2, 0.25) is 5.88 Å². The van der Waals surface area contributed by atoms with Crippen LogP contribution < -0.4 is 9.64 Å². The third-order valence-electron chi connectivity index (χ3n) is 4.28. The molecule has 0 radical (unpaired) electrons. The summed E-state index contributed by atoms with van der Waals surface area (Å²) in [6, 6.07) is 9.68. The molecule has 0 amide bonds. The Bertz CT molecular complexity index is 727. The number of hydrogen-bond acceptors (Lipinski definition) is 6. The minimum Gasteiger partial charge on any atom is -0.466 e. The Balaban J connectivity index is 1.63. The molecule has 2 heterocycles. The first kappa shape index (κ1) is 17.2. The zero-order valence-corrected chi connectivity index (χ0v) is 14.6. The van der Waals surface area contributed by atoms with Gasteiger partial charge in [-0.2, -0.15) is 0 Å². The van der Waals surface area contributed by atoms with Crippen LogP contribution >= 0.6 is 0 Å². The van der Waals surface area contributed by atoms with E-state index < -0.39 is 0 Å². The number of carbonyl (C=O) groups is 1. The second-order valence-electron chi connectivity index (χ2n) is 6.15. The highest BCUT2D eigenvalue weighted by Crippen LogP contribution is 2.26. The molecule has 0 aliphatic carbocycles. The Morgan fingerprint density at radius 2 is 2.04 bits per heavy atom. The van der Waals surface area contributed by atoms with Crippen molar-refractivity contribution in [3.8, 4) is 11.6 Å². The first-order valence-electron chi connectivity index (χ1n) is 8.64. The maximum atomic E-state index is 11.8. The fraction of sp³-hybridized carbons (Fsp3) is 0.421. The number of aromatic nitrogens is 2. The van der Waals surface area contributed by atoms with Crippen molar-refractivity contribution >= 4 is 11.8 Å². The molecule has 6 heteroatoms. The van der Waals surface area contributed by atoms with E-state index in [2.05, 4.69) is 14.9 Å². The summed E-state index contributed by atoms with van der Waals surface area (Å²) in [7, 11) is 0. The number of esters is 1. The van der Waals surface area contributed by atoms with Crippen molar-refractivity contribution < 1.29 is 14.3 Å².